The van der Waals surface area contributed by atoms with Crippen LogP contribution >= 0.6 is 23.5 Å². The highest BCUT2D eigenvalue weighted by Crippen LogP contribution is 2.26. The molecule has 2 heterocycles. The molecule has 0 aromatic heterocycles. The van der Waals surface area contributed by atoms with E-state index < -0.39 is 16.3 Å². The third kappa shape index (κ3) is 1.91. The second kappa shape index (κ2) is 4.96. The smallest absolute Gasteiger partial charge is 0.240 e. The number of hydrogen-bond donors (Lipinski definition) is 0. The zero-order chi connectivity index (χ0) is 14.4. The molecule has 0 saturated carbocycles. The molecule has 3 rings (SSSR count). The Morgan fingerprint density at radius 1 is 0.750 bits per heavy atom. The molecule has 1 aromatic carbocycles. The lowest BCUT2D eigenvalue weighted by atomic mass is 10.4. The summed E-state index contributed by atoms with van der Waals surface area (Å²) in [5.41, 5.74) is -1.68. The average molecular weight is 310 g/mol. The summed E-state index contributed by atoms with van der Waals surface area (Å²) in [6.07, 6.45) is 0. The number of hydrogen-bond acceptors (Lipinski definition) is 7. The van der Waals surface area contributed by atoms with Gasteiger partial charge in [0.15, 0.2) is 0 Å². The third-order valence-electron chi connectivity index (χ3n) is 3.57. The second-order valence-electron chi connectivity index (χ2n) is 4.89. The molecule has 2 aliphatic rings. The van der Waals surface area contributed by atoms with Crippen molar-refractivity contribution in [2.75, 3.05) is 38.7 Å². The Labute approximate surface area is 123 Å². The first-order chi connectivity index (χ1) is 9.52. The molecule has 2 saturated heterocycles. The largest absolute Gasteiger partial charge is 0.368 e. The van der Waals surface area contributed by atoms with Crippen molar-refractivity contribution in [2.24, 2.45) is 0 Å². The van der Waals surface area contributed by atoms with Gasteiger partial charge in [0.05, 0.1) is 10.1 Å². The molecule has 2 fully saturated rings. The fourth-order valence-electron chi connectivity index (χ4n) is 2.45. The minimum absolute atomic E-state index is 0.0726. The van der Waals surface area contributed by atoms with Gasteiger partial charge in [-0.15, -0.1) is 23.5 Å². The Kier molecular flexibility index (Phi) is 3.41. The van der Waals surface area contributed by atoms with Crippen LogP contribution in [0, 0.1) is 0 Å². The molecule has 0 atom stereocenters. The maximum Gasteiger partial charge on any atom is 0.240 e. The van der Waals surface area contributed by atoms with E-state index in [0.29, 0.717) is 10.1 Å². The topological polar surface area (TPSA) is 57.7 Å². The van der Waals surface area contributed by atoms with E-state index in [9.17, 15) is 14.4 Å². The molecule has 0 radical (unpaired) electrons. The van der Waals surface area contributed by atoms with Gasteiger partial charge in [-0.2, -0.15) is 0 Å². The first-order valence-corrected chi connectivity index (χ1v) is 8.29. The van der Waals surface area contributed by atoms with Gasteiger partial charge in [0.2, 0.25) is 16.3 Å². The zero-order valence-corrected chi connectivity index (χ0v) is 12.9. The number of thioether (sulfide) groups is 2. The normalized spacial score (nSPS) is 24.9. The predicted octanol–water partition coefficient (Wildman–Crippen LogP) is -1.87. The van der Waals surface area contributed by atoms with Gasteiger partial charge in [-0.25, -0.2) is 0 Å². The molecule has 2 aliphatic heterocycles. The summed E-state index contributed by atoms with van der Waals surface area (Å²) in [5, 5.41) is 1.44. The first kappa shape index (κ1) is 13.8. The number of rotatable bonds is 0. The van der Waals surface area contributed by atoms with E-state index in [4.69, 9.17) is 0 Å². The molecular weight excluding hydrogens is 296 g/mol. The molecular formula is C13H14N2O3S2. The van der Waals surface area contributed by atoms with Crippen molar-refractivity contribution in [2.45, 2.75) is 0 Å². The molecule has 0 aliphatic carbocycles. The van der Waals surface area contributed by atoms with Crippen molar-refractivity contribution in [1.82, 2.24) is 9.80 Å². The molecule has 0 N–H and O–H groups in total. The van der Waals surface area contributed by atoms with Crippen LogP contribution in [0.2, 0.25) is 0 Å². The van der Waals surface area contributed by atoms with Gasteiger partial charge < -0.3 is 9.80 Å². The van der Waals surface area contributed by atoms with Crippen LogP contribution in [-0.2, 0) is 0 Å². The Morgan fingerprint density at radius 2 is 1.15 bits per heavy atom. The van der Waals surface area contributed by atoms with Crippen LogP contribution in [0.15, 0.2) is 14.4 Å². The van der Waals surface area contributed by atoms with Gasteiger partial charge in [-0.05, 0) is 0 Å². The summed E-state index contributed by atoms with van der Waals surface area (Å²) in [5.74, 6) is 1.68. The zero-order valence-electron chi connectivity index (χ0n) is 11.3. The fraction of sp³-hybridized carbons (Fsp3) is 0.462. The van der Waals surface area contributed by atoms with Gasteiger partial charge in [-0.3, -0.25) is 14.4 Å². The van der Waals surface area contributed by atoms with Crippen molar-refractivity contribution >= 4 is 33.6 Å². The lowest BCUT2D eigenvalue weighted by Gasteiger charge is -2.09. The molecule has 7 heteroatoms. The Hall–Kier alpha value is -1.21. The summed E-state index contributed by atoms with van der Waals surface area (Å²) < 4.78 is 0. The standard InChI is InChI=1S/C13H14N2O3S2/c1-14-3-5-19-12(14)7-9(16)8(11(18)10(7)17)13-15(2)4-6-20-13/h3-6H2,1-2H3. The molecule has 0 spiro atoms. The van der Waals surface area contributed by atoms with Gasteiger partial charge in [0.25, 0.3) is 0 Å². The summed E-state index contributed by atoms with van der Waals surface area (Å²) in [4.78, 5) is 40.7. The molecule has 20 heavy (non-hydrogen) atoms. The lowest BCUT2D eigenvalue weighted by molar-refractivity contribution is 0.537. The SMILES string of the molecule is CN1CCSC1=c1c(=O)c(=O)c(=C2SCCN2C)c1=O. The molecule has 0 bridgehead atoms. The van der Waals surface area contributed by atoms with Crippen LogP contribution in [0.4, 0.5) is 0 Å². The fourth-order valence-corrected chi connectivity index (χ4v) is 4.85. The summed E-state index contributed by atoms with van der Waals surface area (Å²) >= 11 is 2.94. The van der Waals surface area contributed by atoms with Crippen LogP contribution in [0.3, 0.4) is 0 Å². The summed E-state index contributed by atoms with van der Waals surface area (Å²) in [6, 6.07) is 0. The maximum absolute atomic E-state index is 12.6. The third-order valence-corrected chi connectivity index (χ3v) is 5.92. The van der Waals surface area contributed by atoms with Crippen molar-refractivity contribution in [1.29, 1.82) is 0 Å². The van der Waals surface area contributed by atoms with E-state index in [2.05, 4.69) is 0 Å². The summed E-state index contributed by atoms with van der Waals surface area (Å²) in [6.45, 7) is 1.58. The highest BCUT2D eigenvalue weighted by atomic mass is 32.2. The van der Waals surface area contributed by atoms with Gasteiger partial charge in [0.1, 0.15) is 10.4 Å². The average Bonchev–Trinajstić information content (AvgIpc) is 3.04. The van der Waals surface area contributed by atoms with Crippen molar-refractivity contribution in [3.05, 3.63) is 41.1 Å². The van der Waals surface area contributed by atoms with Crippen LogP contribution < -0.4 is 26.7 Å². The van der Waals surface area contributed by atoms with E-state index in [0.717, 1.165) is 24.6 Å². The monoisotopic (exact) mass is 310 g/mol. The minimum atomic E-state index is -0.644. The molecule has 1 aromatic rings. The molecule has 5 nitrogen and oxygen atoms in total. The Balaban J connectivity index is 2.47. The quantitative estimate of drug-likeness (QED) is 0.521. The van der Waals surface area contributed by atoms with Crippen LogP contribution in [0.1, 0.15) is 0 Å². The number of nitrogens with zero attached hydrogens (tertiary/aromatic N) is 2. The first-order valence-electron chi connectivity index (χ1n) is 6.32. The molecule has 0 amide bonds. The van der Waals surface area contributed by atoms with Crippen molar-refractivity contribution < 1.29 is 0 Å². The van der Waals surface area contributed by atoms with E-state index in [-0.39, 0.29) is 10.4 Å². The Bertz CT molecular complexity index is 757. The molecule has 0 unspecified atom stereocenters. The lowest BCUT2D eigenvalue weighted by Crippen LogP contribution is -2.41. The van der Waals surface area contributed by atoms with Gasteiger partial charge in [0, 0.05) is 38.7 Å². The second-order valence-corrected chi connectivity index (χ2v) is 7.05. The van der Waals surface area contributed by atoms with Crippen LogP contribution in [0.25, 0.3) is 10.1 Å². The van der Waals surface area contributed by atoms with E-state index in [1.807, 2.05) is 23.9 Å². The van der Waals surface area contributed by atoms with Crippen LogP contribution in [0.5, 0.6) is 0 Å². The summed E-state index contributed by atoms with van der Waals surface area (Å²) in [7, 11) is 3.68. The van der Waals surface area contributed by atoms with E-state index >= 15 is 0 Å². The Morgan fingerprint density at radius 3 is 1.45 bits per heavy atom. The molecule has 106 valence electrons. The van der Waals surface area contributed by atoms with E-state index in [1.54, 1.807) is 0 Å². The van der Waals surface area contributed by atoms with E-state index in [1.165, 1.54) is 23.5 Å². The van der Waals surface area contributed by atoms with Gasteiger partial charge >= 0.3 is 0 Å². The maximum atomic E-state index is 12.6. The minimum Gasteiger partial charge on any atom is -0.368 e. The van der Waals surface area contributed by atoms with Gasteiger partial charge in [-0.1, -0.05) is 0 Å². The predicted molar refractivity (Wildman–Crippen MR) is 83.9 cm³/mol. The van der Waals surface area contributed by atoms with Crippen molar-refractivity contribution in [3.63, 3.8) is 0 Å². The highest BCUT2D eigenvalue weighted by molar-refractivity contribution is 8.08. The van der Waals surface area contributed by atoms with Crippen molar-refractivity contribution in [3.8, 4) is 0 Å². The van der Waals surface area contributed by atoms with Crippen LogP contribution in [-0.4, -0.2) is 48.5 Å². The highest BCUT2D eigenvalue weighted by Gasteiger charge is 2.24.